The van der Waals surface area contributed by atoms with Crippen molar-refractivity contribution in [1.29, 1.82) is 0 Å². The number of amides is 1. The standard InChI is InChI=1S/C24H21F3N2O3/c1-4-14-11-17(23(31)29-21(14)24(25,26)27)22(30)28-20-15-7-5-12(2)9-18(15)32-19-10-13(3)6-8-16(19)20/h5-11,20H,4H2,1-3H3,(H,28,30)(H,29,31). The van der Waals surface area contributed by atoms with Crippen LogP contribution in [0.2, 0.25) is 0 Å². The molecule has 0 unspecified atom stereocenters. The minimum atomic E-state index is -4.71. The van der Waals surface area contributed by atoms with Crippen LogP contribution in [0.1, 0.15) is 56.8 Å². The summed E-state index contributed by atoms with van der Waals surface area (Å²) in [5, 5.41) is 2.82. The topological polar surface area (TPSA) is 71.2 Å². The quantitative estimate of drug-likeness (QED) is 0.586. The highest BCUT2D eigenvalue weighted by Crippen LogP contribution is 2.43. The average molecular weight is 442 g/mol. The summed E-state index contributed by atoms with van der Waals surface area (Å²) in [5.41, 5.74) is 0.582. The molecule has 0 atom stereocenters. The van der Waals surface area contributed by atoms with Gasteiger partial charge in [0.15, 0.2) is 0 Å². The summed E-state index contributed by atoms with van der Waals surface area (Å²) in [6.07, 6.45) is -4.71. The summed E-state index contributed by atoms with van der Waals surface area (Å²) in [7, 11) is 0. The van der Waals surface area contributed by atoms with E-state index in [1.807, 2.05) is 55.2 Å². The Morgan fingerprint density at radius 1 is 1.03 bits per heavy atom. The minimum Gasteiger partial charge on any atom is -0.457 e. The molecule has 4 rings (SSSR count). The highest BCUT2D eigenvalue weighted by Gasteiger charge is 2.36. The zero-order valence-electron chi connectivity index (χ0n) is 17.7. The van der Waals surface area contributed by atoms with Gasteiger partial charge in [0.05, 0.1) is 6.04 Å². The van der Waals surface area contributed by atoms with E-state index in [4.69, 9.17) is 4.74 Å². The Balaban J connectivity index is 1.77. The molecule has 1 aromatic heterocycles. The summed E-state index contributed by atoms with van der Waals surface area (Å²) in [4.78, 5) is 27.3. The first kappa shape index (κ1) is 21.7. The number of H-pyrrole nitrogens is 1. The van der Waals surface area contributed by atoms with Crippen molar-refractivity contribution in [3.63, 3.8) is 0 Å². The number of hydrogen-bond acceptors (Lipinski definition) is 3. The molecular formula is C24H21F3N2O3. The molecule has 2 N–H and O–H groups in total. The van der Waals surface area contributed by atoms with Crippen LogP contribution in [0, 0.1) is 13.8 Å². The second kappa shape index (κ2) is 7.85. The van der Waals surface area contributed by atoms with Gasteiger partial charge in [-0.15, -0.1) is 0 Å². The van der Waals surface area contributed by atoms with E-state index >= 15 is 0 Å². The van der Waals surface area contributed by atoms with Gasteiger partial charge in [-0.3, -0.25) is 9.59 Å². The molecular weight excluding hydrogens is 421 g/mol. The van der Waals surface area contributed by atoms with Gasteiger partial charge < -0.3 is 15.0 Å². The van der Waals surface area contributed by atoms with E-state index in [1.54, 1.807) is 0 Å². The highest BCUT2D eigenvalue weighted by molar-refractivity contribution is 5.94. The number of carbonyl (C=O) groups excluding carboxylic acids is 1. The largest absolute Gasteiger partial charge is 0.457 e. The van der Waals surface area contributed by atoms with Gasteiger partial charge in [0.2, 0.25) is 0 Å². The lowest BCUT2D eigenvalue weighted by Gasteiger charge is -2.29. The maximum Gasteiger partial charge on any atom is 0.431 e. The Labute approximate surface area is 182 Å². The van der Waals surface area contributed by atoms with Crippen LogP contribution >= 0.6 is 0 Å². The number of benzene rings is 2. The summed E-state index contributed by atoms with van der Waals surface area (Å²) >= 11 is 0. The van der Waals surface area contributed by atoms with E-state index in [-0.39, 0.29) is 17.5 Å². The monoisotopic (exact) mass is 442 g/mol. The molecule has 0 spiro atoms. The summed E-state index contributed by atoms with van der Waals surface area (Å²) in [6, 6.07) is 11.5. The number of aromatic nitrogens is 1. The van der Waals surface area contributed by atoms with E-state index in [0.29, 0.717) is 22.6 Å². The lowest BCUT2D eigenvalue weighted by atomic mass is 9.92. The van der Waals surface area contributed by atoms with Gasteiger partial charge in [-0.1, -0.05) is 31.2 Å². The Kier molecular flexibility index (Phi) is 5.32. The third kappa shape index (κ3) is 3.88. The van der Waals surface area contributed by atoms with Crippen LogP contribution < -0.4 is 15.6 Å². The van der Waals surface area contributed by atoms with Gasteiger partial charge in [0.1, 0.15) is 22.8 Å². The molecule has 0 saturated heterocycles. The number of aryl methyl sites for hydroxylation is 3. The van der Waals surface area contributed by atoms with Gasteiger partial charge >= 0.3 is 6.18 Å². The minimum absolute atomic E-state index is 0.00733. The second-order valence-corrected chi connectivity index (χ2v) is 7.85. The first-order valence-electron chi connectivity index (χ1n) is 10.1. The first-order valence-corrected chi connectivity index (χ1v) is 10.1. The Bertz CT molecular complexity index is 1230. The summed E-state index contributed by atoms with van der Waals surface area (Å²) in [6.45, 7) is 5.36. The van der Waals surface area contributed by atoms with Crippen LogP contribution in [-0.2, 0) is 12.6 Å². The molecule has 0 bridgehead atoms. The van der Waals surface area contributed by atoms with Gasteiger partial charge in [0.25, 0.3) is 11.5 Å². The molecule has 2 heterocycles. The first-order chi connectivity index (χ1) is 15.1. The van der Waals surface area contributed by atoms with Crippen molar-refractivity contribution in [2.75, 3.05) is 0 Å². The summed E-state index contributed by atoms with van der Waals surface area (Å²) in [5.74, 6) is 0.382. The Morgan fingerprint density at radius 2 is 1.59 bits per heavy atom. The van der Waals surface area contributed by atoms with Gasteiger partial charge in [-0.25, -0.2) is 0 Å². The smallest absolute Gasteiger partial charge is 0.431 e. The number of rotatable bonds is 3. The predicted octanol–water partition coefficient (Wildman–Crippen LogP) is 5.20. The van der Waals surface area contributed by atoms with Gasteiger partial charge in [0, 0.05) is 11.1 Å². The number of pyridine rings is 1. The van der Waals surface area contributed by atoms with Crippen molar-refractivity contribution in [1.82, 2.24) is 10.3 Å². The number of aromatic amines is 1. The maximum atomic E-state index is 13.2. The SMILES string of the molecule is CCc1cc(C(=O)NC2c3ccc(C)cc3Oc3cc(C)ccc32)c(=O)[nH]c1C(F)(F)F. The molecule has 0 radical (unpaired) electrons. The van der Waals surface area contributed by atoms with Gasteiger partial charge in [-0.2, -0.15) is 13.2 Å². The van der Waals surface area contributed by atoms with Crippen molar-refractivity contribution < 1.29 is 22.7 Å². The molecule has 1 aliphatic heterocycles. The average Bonchev–Trinajstić information content (AvgIpc) is 2.72. The highest BCUT2D eigenvalue weighted by atomic mass is 19.4. The Morgan fingerprint density at radius 3 is 2.09 bits per heavy atom. The molecule has 1 amide bonds. The van der Waals surface area contributed by atoms with Crippen molar-refractivity contribution in [3.05, 3.63) is 91.9 Å². The number of fused-ring (bicyclic) bond motifs is 2. The van der Waals surface area contributed by atoms with Crippen molar-refractivity contribution in [2.24, 2.45) is 0 Å². The number of alkyl halides is 3. The molecule has 0 fully saturated rings. The third-order valence-corrected chi connectivity index (χ3v) is 5.49. The Hall–Kier alpha value is -3.55. The van der Waals surface area contributed by atoms with Crippen LogP contribution in [0.3, 0.4) is 0 Å². The molecule has 0 aliphatic carbocycles. The fourth-order valence-corrected chi connectivity index (χ4v) is 3.86. The lowest BCUT2D eigenvalue weighted by molar-refractivity contribution is -0.141. The number of hydrogen-bond donors (Lipinski definition) is 2. The van der Waals surface area contributed by atoms with Crippen molar-refractivity contribution in [3.8, 4) is 11.5 Å². The van der Waals surface area contributed by atoms with Crippen LogP contribution in [0.5, 0.6) is 11.5 Å². The number of halogens is 3. The fourth-order valence-electron chi connectivity index (χ4n) is 3.86. The third-order valence-electron chi connectivity index (χ3n) is 5.49. The van der Waals surface area contributed by atoms with Gasteiger partial charge in [-0.05, 0) is 55.2 Å². The molecule has 0 saturated carbocycles. The number of nitrogens with one attached hydrogen (secondary N) is 2. The van der Waals surface area contributed by atoms with E-state index < -0.39 is 29.4 Å². The maximum absolute atomic E-state index is 13.2. The normalized spacial score (nSPS) is 13.2. The van der Waals surface area contributed by atoms with Crippen LogP contribution in [0.15, 0.2) is 47.3 Å². The van der Waals surface area contributed by atoms with E-state index in [1.165, 1.54) is 6.92 Å². The van der Waals surface area contributed by atoms with Crippen molar-refractivity contribution in [2.45, 2.75) is 39.4 Å². The molecule has 2 aromatic carbocycles. The number of carbonyl (C=O) groups is 1. The van der Waals surface area contributed by atoms with E-state index in [9.17, 15) is 22.8 Å². The van der Waals surface area contributed by atoms with Crippen LogP contribution in [-0.4, -0.2) is 10.9 Å². The van der Waals surface area contributed by atoms with E-state index in [2.05, 4.69) is 5.32 Å². The molecule has 166 valence electrons. The predicted molar refractivity (Wildman–Crippen MR) is 113 cm³/mol. The summed E-state index contributed by atoms with van der Waals surface area (Å²) < 4.78 is 45.7. The molecule has 8 heteroatoms. The van der Waals surface area contributed by atoms with E-state index in [0.717, 1.165) is 17.2 Å². The number of ether oxygens (including phenoxy) is 1. The second-order valence-electron chi connectivity index (χ2n) is 7.85. The lowest BCUT2D eigenvalue weighted by Crippen LogP contribution is -2.35. The molecule has 1 aliphatic rings. The molecule has 3 aromatic rings. The molecule has 32 heavy (non-hydrogen) atoms. The zero-order valence-corrected chi connectivity index (χ0v) is 17.7. The molecule has 5 nitrogen and oxygen atoms in total. The fraction of sp³-hybridized carbons (Fsp3) is 0.250. The zero-order chi connectivity index (χ0) is 23.2. The van der Waals surface area contributed by atoms with Crippen molar-refractivity contribution >= 4 is 5.91 Å². The van der Waals surface area contributed by atoms with Crippen LogP contribution in [0.25, 0.3) is 0 Å². The van der Waals surface area contributed by atoms with Crippen LogP contribution in [0.4, 0.5) is 13.2 Å².